The smallest absolute Gasteiger partial charge is 0.207 e. The molecule has 0 aliphatic carbocycles. The first-order valence-corrected chi connectivity index (χ1v) is 8.08. The van der Waals surface area contributed by atoms with Crippen molar-refractivity contribution in [2.24, 2.45) is 7.05 Å². The van der Waals surface area contributed by atoms with E-state index < -0.39 is 0 Å². The fourth-order valence-corrected chi connectivity index (χ4v) is 3.15. The Morgan fingerprint density at radius 3 is 2.39 bits per heavy atom. The zero-order valence-corrected chi connectivity index (χ0v) is 14.4. The topological polar surface area (TPSA) is 3.88 Å². The number of benzene rings is 2. The van der Waals surface area contributed by atoms with Gasteiger partial charge in [-0.25, -0.2) is 4.39 Å². The Kier molecular flexibility index (Phi) is 3.93. The van der Waals surface area contributed by atoms with Gasteiger partial charge in [0.2, 0.25) is 11.2 Å². The van der Waals surface area contributed by atoms with Gasteiger partial charge < -0.3 is 0 Å². The molecule has 0 aliphatic heterocycles. The van der Waals surface area contributed by atoms with Crippen LogP contribution in [0.1, 0.15) is 36.5 Å². The van der Waals surface area contributed by atoms with Crippen molar-refractivity contribution in [1.29, 1.82) is 0 Å². The van der Waals surface area contributed by atoms with Gasteiger partial charge in [0.05, 0.1) is 0 Å². The van der Waals surface area contributed by atoms with Gasteiger partial charge in [-0.05, 0) is 49.1 Å². The predicted octanol–water partition coefficient (Wildman–Crippen LogP) is 5.21. The molecule has 3 aromatic rings. The van der Waals surface area contributed by atoms with Crippen molar-refractivity contribution in [2.45, 2.75) is 33.6 Å². The Morgan fingerprint density at radius 2 is 1.70 bits per heavy atom. The molecule has 0 atom stereocenters. The summed E-state index contributed by atoms with van der Waals surface area (Å²) in [6.45, 7) is 8.29. The number of hydrogen-bond donors (Lipinski definition) is 0. The number of fused-ring (bicyclic) bond motifs is 1. The molecule has 1 heterocycles. The monoisotopic (exact) mass is 308 g/mol. The average Bonchev–Trinajstić information content (AvgIpc) is 2.49. The summed E-state index contributed by atoms with van der Waals surface area (Å²) in [5, 5.41) is 0.934. The third-order valence-corrected chi connectivity index (χ3v) is 4.58. The number of aryl methyl sites for hydroxylation is 3. The molecular weight excluding hydrogens is 285 g/mol. The van der Waals surface area contributed by atoms with Gasteiger partial charge in [-0.15, -0.1) is 0 Å². The van der Waals surface area contributed by atoms with Crippen LogP contribution in [0, 0.1) is 19.7 Å². The molecule has 23 heavy (non-hydrogen) atoms. The Bertz CT molecular complexity index is 894. The van der Waals surface area contributed by atoms with Gasteiger partial charge in [-0.1, -0.05) is 31.5 Å². The quantitative estimate of drug-likeness (QED) is 0.572. The summed E-state index contributed by atoms with van der Waals surface area (Å²) in [6.07, 6.45) is 0. The lowest BCUT2D eigenvalue weighted by Gasteiger charge is -2.10. The van der Waals surface area contributed by atoms with E-state index in [0.29, 0.717) is 0 Å². The van der Waals surface area contributed by atoms with E-state index in [9.17, 15) is 4.39 Å². The van der Waals surface area contributed by atoms with Gasteiger partial charge in [0, 0.05) is 23.1 Å². The van der Waals surface area contributed by atoms with Crippen molar-refractivity contribution >= 4 is 10.9 Å². The largest absolute Gasteiger partial charge is 0.213 e. The highest BCUT2D eigenvalue weighted by Crippen LogP contribution is 2.27. The summed E-state index contributed by atoms with van der Waals surface area (Å²) in [7, 11) is 2.06. The zero-order valence-electron chi connectivity index (χ0n) is 14.4. The van der Waals surface area contributed by atoms with Crippen molar-refractivity contribution in [3.05, 3.63) is 65.0 Å². The molecule has 0 saturated carbocycles. The maximum Gasteiger partial charge on any atom is 0.213 e. The second-order valence-corrected chi connectivity index (χ2v) is 6.68. The highest BCUT2D eigenvalue weighted by molar-refractivity contribution is 5.79. The van der Waals surface area contributed by atoms with E-state index in [1.807, 2.05) is 26.0 Å². The normalized spacial score (nSPS) is 11.4. The van der Waals surface area contributed by atoms with E-state index in [1.165, 1.54) is 16.7 Å². The first kappa shape index (κ1) is 15.7. The van der Waals surface area contributed by atoms with Crippen LogP contribution in [0.5, 0.6) is 0 Å². The van der Waals surface area contributed by atoms with Crippen LogP contribution in [0.25, 0.3) is 22.2 Å². The summed E-state index contributed by atoms with van der Waals surface area (Å²) in [5.41, 5.74) is 6.70. The van der Waals surface area contributed by atoms with Crippen molar-refractivity contribution in [3.8, 4) is 11.3 Å². The molecule has 1 aromatic heterocycles. The lowest BCUT2D eigenvalue weighted by Crippen LogP contribution is -2.32. The minimum Gasteiger partial charge on any atom is -0.207 e. The van der Waals surface area contributed by atoms with Gasteiger partial charge >= 0.3 is 0 Å². The van der Waals surface area contributed by atoms with Crippen LogP contribution in [-0.4, -0.2) is 0 Å². The molecule has 0 amide bonds. The second kappa shape index (κ2) is 5.77. The molecule has 0 spiro atoms. The first-order valence-electron chi connectivity index (χ1n) is 8.08. The fraction of sp³-hybridized carbons (Fsp3) is 0.286. The molecule has 118 valence electrons. The molecule has 0 bridgehead atoms. The van der Waals surface area contributed by atoms with E-state index >= 15 is 0 Å². The molecule has 2 heteroatoms. The van der Waals surface area contributed by atoms with E-state index in [4.69, 9.17) is 0 Å². The van der Waals surface area contributed by atoms with Crippen molar-refractivity contribution in [2.75, 3.05) is 0 Å². The molecule has 0 aliphatic rings. The molecule has 0 N–H and O–H groups in total. The number of nitrogens with zero attached hydrogens (tertiary/aromatic N) is 1. The van der Waals surface area contributed by atoms with Gasteiger partial charge in [-0.3, -0.25) is 0 Å². The highest BCUT2D eigenvalue weighted by atomic mass is 19.1. The lowest BCUT2D eigenvalue weighted by atomic mass is 9.98. The van der Waals surface area contributed by atoms with E-state index in [2.05, 4.69) is 49.7 Å². The average molecular weight is 308 g/mol. The molecule has 1 nitrogen and oxygen atoms in total. The second-order valence-electron chi connectivity index (χ2n) is 6.68. The Hall–Kier alpha value is -2.22. The van der Waals surface area contributed by atoms with Crippen LogP contribution < -0.4 is 4.57 Å². The third kappa shape index (κ3) is 2.74. The van der Waals surface area contributed by atoms with E-state index in [1.54, 1.807) is 6.07 Å². The number of pyridine rings is 1. The number of rotatable bonds is 2. The molecule has 2 aromatic carbocycles. The van der Waals surface area contributed by atoms with Crippen molar-refractivity contribution in [1.82, 2.24) is 0 Å². The fourth-order valence-electron chi connectivity index (χ4n) is 3.15. The molecule has 0 saturated heterocycles. The van der Waals surface area contributed by atoms with Gasteiger partial charge in [0.15, 0.2) is 0 Å². The number of hydrogen-bond acceptors (Lipinski definition) is 0. The molecule has 0 unspecified atom stereocenters. The first-order chi connectivity index (χ1) is 10.9. The Labute approximate surface area is 137 Å². The summed E-state index contributed by atoms with van der Waals surface area (Å²) >= 11 is 0. The lowest BCUT2D eigenvalue weighted by molar-refractivity contribution is -0.633. The van der Waals surface area contributed by atoms with Crippen LogP contribution >= 0.6 is 0 Å². The SMILES string of the molecule is Cc1ccc(C)c(-c2ccc3cc(F)c(C(C)C)cc3[n+]2C)c1. The number of halogens is 1. The van der Waals surface area contributed by atoms with Crippen LogP contribution in [-0.2, 0) is 7.05 Å². The predicted molar refractivity (Wildman–Crippen MR) is 94.1 cm³/mol. The maximum atomic E-state index is 14.2. The van der Waals surface area contributed by atoms with Crippen LogP contribution in [0.3, 0.4) is 0 Å². The number of aromatic nitrogens is 1. The molecule has 0 fully saturated rings. The van der Waals surface area contributed by atoms with Gasteiger partial charge in [0.25, 0.3) is 0 Å². The maximum absolute atomic E-state index is 14.2. The van der Waals surface area contributed by atoms with Crippen LogP contribution in [0.4, 0.5) is 4.39 Å². The Morgan fingerprint density at radius 1 is 0.957 bits per heavy atom. The zero-order chi connectivity index (χ0) is 16.7. The van der Waals surface area contributed by atoms with E-state index in [0.717, 1.165) is 22.2 Å². The molecule has 0 radical (unpaired) electrons. The van der Waals surface area contributed by atoms with Gasteiger partial charge in [-0.2, -0.15) is 4.57 Å². The Balaban J connectivity index is 2.30. The molecule has 3 rings (SSSR count). The van der Waals surface area contributed by atoms with Crippen LogP contribution in [0.15, 0.2) is 42.5 Å². The van der Waals surface area contributed by atoms with Crippen molar-refractivity contribution < 1.29 is 8.96 Å². The standard InChI is InChI=1S/C21H23FN/c1-13(2)17-12-21-16(11-19(17)22)8-9-20(23(21)5)18-10-14(3)6-7-15(18)4/h6-13H,1-5H3/q+1. The highest BCUT2D eigenvalue weighted by Gasteiger charge is 2.18. The third-order valence-electron chi connectivity index (χ3n) is 4.58. The van der Waals surface area contributed by atoms with Crippen LogP contribution in [0.2, 0.25) is 0 Å². The summed E-state index contributed by atoms with van der Waals surface area (Å²) in [6, 6.07) is 14.2. The van der Waals surface area contributed by atoms with E-state index in [-0.39, 0.29) is 11.7 Å². The molecular formula is C21H23FN+. The minimum atomic E-state index is -0.119. The summed E-state index contributed by atoms with van der Waals surface area (Å²) < 4.78 is 16.4. The summed E-state index contributed by atoms with van der Waals surface area (Å²) in [4.78, 5) is 0. The van der Waals surface area contributed by atoms with Crippen molar-refractivity contribution in [3.63, 3.8) is 0 Å². The summed E-state index contributed by atoms with van der Waals surface area (Å²) in [5.74, 6) is 0.0516. The van der Waals surface area contributed by atoms with Gasteiger partial charge in [0.1, 0.15) is 12.9 Å². The minimum absolute atomic E-state index is 0.119.